The van der Waals surface area contributed by atoms with Crippen molar-refractivity contribution < 1.29 is 14.7 Å². The Kier molecular flexibility index (Phi) is 6.49. The summed E-state index contributed by atoms with van der Waals surface area (Å²) in [5.41, 5.74) is 4.36. The molecule has 4 nitrogen and oxygen atoms in total. The van der Waals surface area contributed by atoms with Gasteiger partial charge in [0.25, 0.3) is 5.91 Å². The predicted octanol–water partition coefficient (Wildman–Crippen LogP) is 6.65. The SMILES string of the molecule is O=C(O)c1ccc(CCN2C(=O)C(=Cc3cccc(-c4ccc5ccccc5c4)c3)SC2=S)cc1. The first-order valence-corrected chi connectivity index (χ1v) is 12.4. The van der Waals surface area contributed by atoms with E-state index < -0.39 is 5.97 Å². The van der Waals surface area contributed by atoms with Crippen molar-refractivity contribution >= 4 is 57.0 Å². The van der Waals surface area contributed by atoms with Crippen molar-refractivity contribution in [3.8, 4) is 11.1 Å². The van der Waals surface area contributed by atoms with E-state index in [1.807, 2.05) is 30.3 Å². The fourth-order valence-corrected chi connectivity index (χ4v) is 5.38. The van der Waals surface area contributed by atoms with Crippen LogP contribution in [0, 0.1) is 0 Å². The summed E-state index contributed by atoms with van der Waals surface area (Å²) >= 11 is 6.79. The van der Waals surface area contributed by atoms with Crippen LogP contribution in [0.1, 0.15) is 21.5 Å². The number of carbonyl (C=O) groups excluding carboxylic acids is 1. The maximum atomic E-state index is 13.1. The van der Waals surface area contributed by atoms with Gasteiger partial charge in [0.05, 0.1) is 10.5 Å². The van der Waals surface area contributed by atoms with Gasteiger partial charge in [-0.3, -0.25) is 9.69 Å². The number of thioether (sulfide) groups is 1. The van der Waals surface area contributed by atoms with Gasteiger partial charge in [-0.1, -0.05) is 90.7 Å². The number of carbonyl (C=O) groups is 2. The summed E-state index contributed by atoms with van der Waals surface area (Å²) in [4.78, 5) is 26.3. The molecule has 1 aliphatic heterocycles. The Balaban J connectivity index is 1.32. The highest BCUT2D eigenvalue weighted by atomic mass is 32.2. The van der Waals surface area contributed by atoms with Crippen molar-refractivity contribution in [2.45, 2.75) is 6.42 Å². The van der Waals surface area contributed by atoms with Crippen molar-refractivity contribution in [2.24, 2.45) is 0 Å². The van der Waals surface area contributed by atoms with Crippen molar-refractivity contribution in [1.29, 1.82) is 0 Å². The number of thiocarbonyl (C=S) groups is 1. The smallest absolute Gasteiger partial charge is 0.335 e. The highest BCUT2D eigenvalue weighted by Crippen LogP contribution is 2.33. The highest BCUT2D eigenvalue weighted by Gasteiger charge is 2.31. The molecule has 6 heteroatoms. The fraction of sp³-hybridized carbons (Fsp3) is 0.0690. The number of amides is 1. The van der Waals surface area contributed by atoms with E-state index >= 15 is 0 Å². The van der Waals surface area contributed by atoms with E-state index in [2.05, 4.69) is 42.5 Å². The molecule has 0 bridgehead atoms. The van der Waals surface area contributed by atoms with Crippen LogP contribution in [0.2, 0.25) is 0 Å². The van der Waals surface area contributed by atoms with Crippen LogP contribution in [0.25, 0.3) is 28.0 Å². The third kappa shape index (κ3) is 5.04. The van der Waals surface area contributed by atoms with E-state index in [-0.39, 0.29) is 11.5 Å². The van der Waals surface area contributed by atoms with Gasteiger partial charge in [0.15, 0.2) is 0 Å². The molecule has 0 atom stereocenters. The molecule has 1 aliphatic rings. The quantitative estimate of drug-likeness (QED) is 0.240. The molecule has 4 aromatic rings. The van der Waals surface area contributed by atoms with Crippen molar-refractivity contribution in [3.63, 3.8) is 0 Å². The summed E-state index contributed by atoms with van der Waals surface area (Å²) in [6.07, 6.45) is 2.49. The molecule has 0 aromatic heterocycles. The first-order valence-electron chi connectivity index (χ1n) is 11.1. The molecule has 1 heterocycles. The van der Waals surface area contributed by atoms with Crippen LogP contribution in [-0.2, 0) is 11.2 Å². The second-order valence-electron chi connectivity index (χ2n) is 8.27. The Morgan fingerprint density at radius 2 is 1.63 bits per heavy atom. The van der Waals surface area contributed by atoms with Gasteiger partial charge >= 0.3 is 5.97 Å². The maximum absolute atomic E-state index is 13.1. The molecule has 1 N–H and O–H groups in total. The summed E-state index contributed by atoms with van der Waals surface area (Å²) < 4.78 is 0.536. The van der Waals surface area contributed by atoms with Crippen molar-refractivity contribution in [1.82, 2.24) is 4.90 Å². The van der Waals surface area contributed by atoms with Crippen molar-refractivity contribution in [3.05, 3.63) is 113 Å². The predicted molar refractivity (Wildman–Crippen MR) is 146 cm³/mol. The third-order valence-electron chi connectivity index (χ3n) is 5.97. The summed E-state index contributed by atoms with van der Waals surface area (Å²) in [5.74, 6) is -1.05. The molecule has 0 radical (unpaired) electrons. The van der Waals surface area contributed by atoms with Crippen LogP contribution in [0.15, 0.2) is 95.9 Å². The Morgan fingerprint density at radius 1 is 0.886 bits per heavy atom. The van der Waals surface area contributed by atoms with Crippen molar-refractivity contribution in [2.75, 3.05) is 6.54 Å². The standard InChI is InChI=1S/C29H21NO3S2/c31-27-26(35-29(34)30(27)15-14-19-8-10-22(11-9-19)28(32)33)17-20-4-3-7-23(16-20)25-13-12-21-5-1-2-6-24(21)18-25/h1-13,16-18H,14-15H2,(H,32,33). The van der Waals surface area contributed by atoms with Gasteiger partial charge in [-0.05, 0) is 69.8 Å². The molecule has 0 spiro atoms. The van der Waals surface area contributed by atoms with Gasteiger partial charge in [-0.2, -0.15) is 0 Å². The molecule has 0 aliphatic carbocycles. The van der Waals surface area contributed by atoms with Crippen LogP contribution in [0.4, 0.5) is 0 Å². The molecule has 1 amide bonds. The zero-order chi connectivity index (χ0) is 24.4. The number of hydrogen-bond donors (Lipinski definition) is 1. The highest BCUT2D eigenvalue weighted by molar-refractivity contribution is 8.26. The van der Waals surface area contributed by atoms with E-state index in [4.69, 9.17) is 17.3 Å². The lowest BCUT2D eigenvalue weighted by Gasteiger charge is -2.14. The lowest BCUT2D eigenvalue weighted by molar-refractivity contribution is -0.122. The number of carboxylic acids is 1. The summed E-state index contributed by atoms with van der Waals surface area (Å²) in [6.45, 7) is 0.450. The first kappa shape index (κ1) is 23.0. The second kappa shape index (κ2) is 9.86. The molecule has 1 saturated heterocycles. The Morgan fingerprint density at radius 3 is 2.40 bits per heavy atom. The van der Waals surface area contributed by atoms with Gasteiger partial charge in [0, 0.05) is 6.54 Å². The monoisotopic (exact) mass is 495 g/mol. The lowest BCUT2D eigenvalue weighted by Crippen LogP contribution is -2.30. The van der Waals surface area contributed by atoms with Crippen LogP contribution in [-0.4, -0.2) is 32.7 Å². The topological polar surface area (TPSA) is 57.6 Å². The minimum Gasteiger partial charge on any atom is -0.478 e. The minimum atomic E-state index is -0.955. The third-order valence-corrected chi connectivity index (χ3v) is 7.34. The number of aromatic carboxylic acids is 1. The second-order valence-corrected chi connectivity index (χ2v) is 9.95. The van der Waals surface area contributed by atoms with E-state index in [1.54, 1.807) is 29.2 Å². The first-order chi connectivity index (χ1) is 17.0. The number of carboxylic acid groups (broad SMARTS) is 1. The molecular weight excluding hydrogens is 474 g/mol. The molecular formula is C29H21NO3S2. The average Bonchev–Trinajstić information content (AvgIpc) is 3.14. The normalized spacial score (nSPS) is 14.7. The Hall–Kier alpha value is -3.74. The van der Waals surface area contributed by atoms with Crippen LogP contribution in [0.3, 0.4) is 0 Å². The van der Waals surface area contributed by atoms with Crippen LogP contribution in [0.5, 0.6) is 0 Å². The zero-order valence-corrected chi connectivity index (χ0v) is 20.3. The van der Waals surface area contributed by atoms with E-state index in [0.29, 0.717) is 22.2 Å². The van der Waals surface area contributed by atoms with Gasteiger partial charge in [-0.25, -0.2) is 4.79 Å². The number of rotatable bonds is 6. The Bertz CT molecular complexity index is 1490. The number of nitrogens with zero attached hydrogens (tertiary/aromatic N) is 1. The average molecular weight is 496 g/mol. The molecule has 0 saturated carbocycles. The van der Waals surface area contributed by atoms with Crippen LogP contribution < -0.4 is 0 Å². The maximum Gasteiger partial charge on any atom is 0.335 e. The molecule has 5 rings (SSSR count). The molecule has 4 aromatic carbocycles. The summed E-state index contributed by atoms with van der Waals surface area (Å²) in [7, 11) is 0. The number of hydrogen-bond acceptors (Lipinski definition) is 4. The largest absolute Gasteiger partial charge is 0.478 e. The summed E-state index contributed by atoms with van der Waals surface area (Å²) in [6, 6.07) is 29.5. The van der Waals surface area contributed by atoms with Crippen LogP contribution >= 0.6 is 24.0 Å². The van der Waals surface area contributed by atoms with Gasteiger partial charge in [-0.15, -0.1) is 0 Å². The Labute approximate surface area is 212 Å². The zero-order valence-electron chi connectivity index (χ0n) is 18.7. The van der Waals surface area contributed by atoms with E-state index in [9.17, 15) is 9.59 Å². The molecule has 35 heavy (non-hydrogen) atoms. The van der Waals surface area contributed by atoms with Gasteiger partial charge in [0.2, 0.25) is 0 Å². The minimum absolute atomic E-state index is 0.0988. The lowest BCUT2D eigenvalue weighted by atomic mass is 9.99. The van der Waals surface area contributed by atoms with Gasteiger partial charge < -0.3 is 5.11 Å². The van der Waals surface area contributed by atoms with Gasteiger partial charge in [0.1, 0.15) is 4.32 Å². The summed E-state index contributed by atoms with van der Waals surface area (Å²) in [5, 5.41) is 11.4. The number of fused-ring (bicyclic) bond motifs is 1. The molecule has 0 unspecified atom stereocenters. The van der Waals surface area contributed by atoms with E-state index in [0.717, 1.165) is 22.3 Å². The molecule has 1 fully saturated rings. The fourth-order valence-electron chi connectivity index (χ4n) is 4.08. The van der Waals surface area contributed by atoms with E-state index in [1.165, 1.54) is 22.5 Å². The number of benzene rings is 4. The molecule has 172 valence electrons.